The quantitative estimate of drug-likeness (QED) is 0.292. The first-order chi connectivity index (χ1) is 15.3. The van der Waals surface area contributed by atoms with E-state index in [-0.39, 0.29) is 17.2 Å². The number of benzene rings is 3. The predicted octanol–water partition coefficient (Wildman–Crippen LogP) is 7.39. The third-order valence-electron chi connectivity index (χ3n) is 4.63. The lowest BCUT2D eigenvalue weighted by atomic mass is 10.1. The van der Waals surface area contributed by atoms with Crippen LogP contribution in [0.3, 0.4) is 0 Å². The van der Waals surface area contributed by atoms with Gasteiger partial charge >= 0.3 is 0 Å². The van der Waals surface area contributed by atoms with E-state index in [1.54, 1.807) is 30.3 Å². The molecular weight excluding hydrogens is 467 g/mol. The maximum absolute atomic E-state index is 12.8. The van der Waals surface area contributed by atoms with Crippen LogP contribution in [0.4, 0.5) is 5.69 Å². The van der Waals surface area contributed by atoms with E-state index in [0.29, 0.717) is 27.0 Å². The van der Waals surface area contributed by atoms with Crippen molar-refractivity contribution < 1.29 is 9.53 Å². The van der Waals surface area contributed by atoms with Crippen LogP contribution in [0.2, 0.25) is 15.1 Å². The molecule has 3 aromatic rings. The molecule has 1 amide bonds. The highest BCUT2D eigenvalue weighted by molar-refractivity contribution is 6.36. The lowest BCUT2D eigenvalue weighted by Crippen LogP contribution is -2.14. The Morgan fingerprint density at radius 1 is 1.03 bits per heavy atom. The number of rotatable bonds is 6. The second-order valence-corrected chi connectivity index (χ2v) is 8.44. The molecule has 0 saturated carbocycles. The Kier molecular flexibility index (Phi) is 7.82. The minimum absolute atomic E-state index is 0.111. The SMILES string of the molecule is Cc1ccc(NC(=O)/C(C#N)=C/c2cc(Cl)cc(Cl)c2OCc2ccc(Cl)cc2)c(C)c1. The fourth-order valence-electron chi connectivity index (χ4n) is 3.02. The molecule has 0 aliphatic heterocycles. The second kappa shape index (κ2) is 10.6. The summed E-state index contributed by atoms with van der Waals surface area (Å²) in [7, 11) is 0. The fraction of sp³-hybridized carbons (Fsp3) is 0.120. The van der Waals surface area contributed by atoms with Gasteiger partial charge in [-0.2, -0.15) is 5.26 Å². The molecule has 7 heteroatoms. The van der Waals surface area contributed by atoms with E-state index < -0.39 is 5.91 Å². The van der Waals surface area contributed by atoms with Crippen LogP contribution in [0.15, 0.2) is 60.2 Å². The van der Waals surface area contributed by atoms with Gasteiger partial charge in [0.2, 0.25) is 0 Å². The van der Waals surface area contributed by atoms with E-state index in [4.69, 9.17) is 39.5 Å². The Morgan fingerprint density at radius 3 is 2.41 bits per heavy atom. The second-order valence-electron chi connectivity index (χ2n) is 7.16. The summed E-state index contributed by atoms with van der Waals surface area (Å²) in [6, 6.07) is 17.9. The average Bonchev–Trinajstić information content (AvgIpc) is 2.74. The highest BCUT2D eigenvalue weighted by Crippen LogP contribution is 2.34. The number of halogens is 3. The van der Waals surface area contributed by atoms with Crippen LogP contribution in [0, 0.1) is 25.2 Å². The molecule has 3 rings (SSSR count). The van der Waals surface area contributed by atoms with E-state index in [1.165, 1.54) is 6.08 Å². The van der Waals surface area contributed by atoms with Gasteiger partial charge in [0.1, 0.15) is 24.0 Å². The molecule has 3 aromatic carbocycles. The maximum atomic E-state index is 12.8. The molecule has 0 radical (unpaired) electrons. The molecule has 0 aliphatic carbocycles. The zero-order chi connectivity index (χ0) is 23.3. The summed E-state index contributed by atoms with van der Waals surface area (Å²) in [6.07, 6.45) is 1.41. The van der Waals surface area contributed by atoms with Crippen LogP contribution < -0.4 is 10.1 Å². The zero-order valence-corrected chi connectivity index (χ0v) is 19.6. The van der Waals surface area contributed by atoms with Crippen LogP contribution in [0.25, 0.3) is 6.08 Å². The minimum Gasteiger partial charge on any atom is -0.487 e. The molecule has 0 unspecified atom stereocenters. The summed E-state index contributed by atoms with van der Waals surface area (Å²) in [5, 5.41) is 13.6. The lowest BCUT2D eigenvalue weighted by molar-refractivity contribution is -0.112. The third-order valence-corrected chi connectivity index (χ3v) is 5.38. The number of nitriles is 1. The van der Waals surface area contributed by atoms with Gasteiger partial charge in [0.15, 0.2) is 0 Å². The van der Waals surface area contributed by atoms with E-state index in [1.807, 2.05) is 44.2 Å². The van der Waals surface area contributed by atoms with Crippen molar-refractivity contribution in [2.24, 2.45) is 0 Å². The summed E-state index contributed by atoms with van der Waals surface area (Å²) in [5.74, 6) is -0.225. The van der Waals surface area contributed by atoms with Crippen LogP contribution >= 0.6 is 34.8 Å². The van der Waals surface area contributed by atoms with Crippen molar-refractivity contribution in [3.05, 3.63) is 97.5 Å². The van der Waals surface area contributed by atoms with Crippen molar-refractivity contribution in [2.45, 2.75) is 20.5 Å². The summed E-state index contributed by atoms with van der Waals surface area (Å²) in [6.45, 7) is 4.07. The summed E-state index contributed by atoms with van der Waals surface area (Å²) in [4.78, 5) is 12.8. The third kappa shape index (κ3) is 6.05. The number of anilines is 1. The molecule has 0 aliphatic rings. The first-order valence-electron chi connectivity index (χ1n) is 9.63. The Balaban J connectivity index is 1.89. The normalized spacial score (nSPS) is 11.1. The lowest BCUT2D eigenvalue weighted by Gasteiger charge is -2.13. The van der Waals surface area contributed by atoms with Crippen LogP contribution in [0.5, 0.6) is 5.75 Å². The van der Waals surface area contributed by atoms with Gasteiger partial charge in [-0.05, 0) is 61.4 Å². The molecule has 0 atom stereocenters. The van der Waals surface area contributed by atoms with Gasteiger partial charge < -0.3 is 10.1 Å². The van der Waals surface area contributed by atoms with Crippen molar-refractivity contribution in [3.63, 3.8) is 0 Å². The average molecular weight is 486 g/mol. The molecule has 0 heterocycles. The number of carbonyl (C=O) groups is 1. The topological polar surface area (TPSA) is 62.1 Å². The molecule has 0 spiro atoms. The summed E-state index contributed by atoms with van der Waals surface area (Å²) >= 11 is 18.4. The monoisotopic (exact) mass is 484 g/mol. The Labute approximate surface area is 202 Å². The number of hydrogen-bond donors (Lipinski definition) is 1. The minimum atomic E-state index is -0.542. The van der Waals surface area contributed by atoms with Crippen LogP contribution in [0.1, 0.15) is 22.3 Å². The van der Waals surface area contributed by atoms with E-state index in [0.717, 1.165) is 16.7 Å². The van der Waals surface area contributed by atoms with Crippen LogP contribution in [-0.4, -0.2) is 5.91 Å². The highest BCUT2D eigenvalue weighted by atomic mass is 35.5. The Bertz CT molecular complexity index is 1230. The molecule has 0 bridgehead atoms. The van der Waals surface area contributed by atoms with Crippen molar-refractivity contribution in [1.29, 1.82) is 5.26 Å². The number of amides is 1. The molecular formula is C25H19Cl3N2O2. The van der Waals surface area contributed by atoms with Crippen molar-refractivity contribution in [1.82, 2.24) is 0 Å². The van der Waals surface area contributed by atoms with Gasteiger partial charge in [-0.1, -0.05) is 64.6 Å². The molecule has 1 N–H and O–H groups in total. The predicted molar refractivity (Wildman–Crippen MR) is 130 cm³/mol. The fourth-order valence-corrected chi connectivity index (χ4v) is 3.71. The van der Waals surface area contributed by atoms with Crippen molar-refractivity contribution in [2.75, 3.05) is 5.32 Å². The smallest absolute Gasteiger partial charge is 0.266 e. The summed E-state index contributed by atoms with van der Waals surface area (Å²) in [5.41, 5.74) is 3.79. The number of hydrogen-bond acceptors (Lipinski definition) is 3. The largest absolute Gasteiger partial charge is 0.487 e. The molecule has 0 aromatic heterocycles. The molecule has 4 nitrogen and oxygen atoms in total. The van der Waals surface area contributed by atoms with Gasteiger partial charge in [0, 0.05) is 21.3 Å². The maximum Gasteiger partial charge on any atom is 0.266 e. The molecule has 0 fully saturated rings. The molecule has 0 saturated heterocycles. The van der Waals surface area contributed by atoms with E-state index >= 15 is 0 Å². The van der Waals surface area contributed by atoms with Gasteiger partial charge in [0.05, 0.1) is 5.02 Å². The van der Waals surface area contributed by atoms with E-state index in [2.05, 4.69) is 5.32 Å². The number of nitrogens with zero attached hydrogens (tertiary/aromatic N) is 1. The first-order valence-corrected chi connectivity index (χ1v) is 10.8. The summed E-state index contributed by atoms with van der Waals surface area (Å²) < 4.78 is 5.91. The molecule has 32 heavy (non-hydrogen) atoms. The van der Waals surface area contributed by atoms with Crippen molar-refractivity contribution >= 4 is 52.5 Å². The van der Waals surface area contributed by atoms with Gasteiger partial charge in [-0.3, -0.25) is 4.79 Å². The van der Waals surface area contributed by atoms with Gasteiger partial charge in [-0.25, -0.2) is 0 Å². The standard InChI is InChI=1S/C25H19Cl3N2O2/c1-15-3-8-23(16(2)9-15)30-25(31)19(13-29)10-18-11-21(27)12-22(28)24(18)32-14-17-4-6-20(26)7-5-17/h3-12H,14H2,1-2H3,(H,30,31)/b19-10+. The van der Waals surface area contributed by atoms with Crippen LogP contribution in [-0.2, 0) is 11.4 Å². The number of carbonyl (C=O) groups excluding carboxylic acids is 1. The first kappa shape index (κ1) is 23.7. The number of ether oxygens (including phenoxy) is 1. The van der Waals surface area contributed by atoms with Crippen molar-refractivity contribution in [3.8, 4) is 11.8 Å². The Hall–Kier alpha value is -2.97. The zero-order valence-electron chi connectivity index (χ0n) is 17.4. The number of aryl methyl sites for hydroxylation is 2. The van der Waals surface area contributed by atoms with E-state index in [9.17, 15) is 10.1 Å². The Morgan fingerprint density at radius 2 is 1.75 bits per heavy atom. The molecule has 162 valence electrons. The highest BCUT2D eigenvalue weighted by Gasteiger charge is 2.15. The van der Waals surface area contributed by atoms with Gasteiger partial charge in [0.25, 0.3) is 5.91 Å². The van der Waals surface area contributed by atoms with Gasteiger partial charge in [-0.15, -0.1) is 0 Å². The number of nitrogens with one attached hydrogen (secondary N) is 1.